The Hall–Kier alpha value is -0.220. The second-order valence-electron chi connectivity index (χ2n) is 7.53. The van der Waals surface area contributed by atoms with Gasteiger partial charge in [0, 0.05) is 5.41 Å². The fourth-order valence-corrected chi connectivity index (χ4v) is 3.86. The van der Waals surface area contributed by atoms with Crippen molar-refractivity contribution in [2.24, 2.45) is 9.81 Å². The first kappa shape index (κ1) is 15.2. The van der Waals surface area contributed by atoms with Crippen molar-refractivity contribution in [2.45, 2.75) is 77.1 Å². The maximum Gasteiger partial charge on any atom is 0.144 e. The van der Waals surface area contributed by atoms with E-state index in [1.807, 2.05) is 20.8 Å². The van der Waals surface area contributed by atoms with E-state index < -0.39 is 11.0 Å². The number of ether oxygens (including phenoxy) is 1. The van der Waals surface area contributed by atoms with E-state index in [0.29, 0.717) is 6.61 Å². The topological polar surface area (TPSA) is 38.7 Å². The molecule has 1 aliphatic heterocycles. The van der Waals surface area contributed by atoms with E-state index in [0.717, 1.165) is 18.6 Å². The Morgan fingerprint density at radius 1 is 1.16 bits per heavy atom. The van der Waals surface area contributed by atoms with Crippen LogP contribution in [0.15, 0.2) is 4.40 Å². The van der Waals surface area contributed by atoms with Crippen molar-refractivity contribution in [3.05, 3.63) is 0 Å². The van der Waals surface area contributed by atoms with Crippen LogP contribution >= 0.6 is 0 Å². The summed E-state index contributed by atoms with van der Waals surface area (Å²) in [4.78, 5) is 0. The quantitative estimate of drug-likeness (QED) is 0.737. The van der Waals surface area contributed by atoms with Crippen LogP contribution in [0.1, 0.15) is 66.7 Å². The van der Waals surface area contributed by atoms with E-state index in [1.54, 1.807) is 0 Å². The summed E-state index contributed by atoms with van der Waals surface area (Å²) in [6.07, 6.45) is 5.74. The van der Waals surface area contributed by atoms with Gasteiger partial charge in [0.05, 0.1) is 17.1 Å². The maximum atomic E-state index is 12.4. The van der Waals surface area contributed by atoms with Gasteiger partial charge in [-0.15, -0.1) is 0 Å². The normalized spacial score (nSPS) is 29.8. The smallest absolute Gasteiger partial charge is 0.144 e. The standard InChI is InChI=1S/C15H27NO2S/c1-13(2,3)19(17)16-12-14(4,5)11-18-15(12)9-7-6-8-10-15/h6-11H2,1-5H3/t19-/m1/s1. The maximum absolute atomic E-state index is 12.4. The van der Waals surface area contributed by atoms with Crippen LogP contribution in [0.5, 0.6) is 0 Å². The third-order valence-corrected chi connectivity index (χ3v) is 5.54. The van der Waals surface area contributed by atoms with E-state index in [1.165, 1.54) is 19.3 Å². The highest BCUT2D eigenvalue weighted by Crippen LogP contribution is 2.45. The molecule has 0 aromatic heterocycles. The fourth-order valence-electron chi connectivity index (χ4n) is 3.00. The molecule has 3 nitrogen and oxygen atoms in total. The Labute approximate surface area is 119 Å². The minimum absolute atomic E-state index is 0.0851. The molecule has 0 N–H and O–H groups in total. The summed E-state index contributed by atoms with van der Waals surface area (Å²) in [5.41, 5.74) is 0.744. The van der Waals surface area contributed by atoms with Gasteiger partial charge in [-0.05, 0) is 33.6 Å². The summed E-state index contributed by atoms with van der Waals surface area (Å²) in [5, 5.41) is 0. The summed E-state index contributed by atoms with van der Waals surface area (Å²) >= 11 is 0. The van der Waals surface area contributed by atoms with Crippen LogP contribution in [0.4, 0.5) is 0 Å². The van der Waals surface area contributed by atoms with Crippen molar-refractivity contribution in [3.63, 3.8) is 0 Å². The van der Waals surface area contributed by atoms with Crippen molar-refractivity contribution in [1.29, 1.82) is 0 Å². The molecule has 1 heterocycles. The molecular formula is C15H27NO2S. The Morgan fingerprint density at radius 3 is 2.26 bits per heavy atom. The molecule has 2 aliphatic rings. The van der Waals surface area contributed by atoms with Gasteiger partial charge in [0.2, 0.25) is 0 Å². The SMILES string of the molecule is CC1(C)COC2(CCCCC2)C1=N[S@](=O)C(C)(C)C. The summed E-state index contributed by atoms with van der Waals surface area (Å²) in [7, 11) is -1.19. The highest BCUT2D eigenvalue weighted by molar-refractivity contribution is 7.85. The lowest BCUT2D eigenvalue weighted by molar-refractivity contribution is -0.000211. The summed E-state index contributed by atoms with van der Waals surface area (Å²) in [6, 6.07) is 0. The Bertz CT molecular complexity index is 401. The first-order valence-corrected chi connectivity index (χ1v) is 8.44. The molecule has 0 bridgehead atoms. The van der Waals surface area contributed by atoms with Gasteiger partial charge < -0.3 is 4.74 Å². The van der Waals surface area contributed by atoms with E-state index in [-0.39, 0.29) is 15.8 Å². The predicted octanol–water partition coefficient (Wildman–Crippen LogP) is 3.65. The van der Waals surface area contributed by atoms with Crippen LogP contribution in [0.3, 0.4) is 0 Å². The van der Waals surface area contributed by atoms with Crippen LogP contribution < -0.4 is 0 Å². The molecule has 0 aromatic rings. The van der Waals surface area contributed by atoms with Gasteiger partial charge >= 0.3 is 0 Å². The van der Waals surface area contributed by atoms with Gasteiger partial charge in [0.25, 0.3) is 0 Å². The van der Waals surface area contributed by atoms with Gasteiger partial charge in [-0.2, -0.15) is 4.40 Å². The molecule has 2 fully saturated rings. The average Bonchev–Trinajstić information content (AvgIpc) is 2.54. The number of nitrogens with zero attached hydrogens (tertiary/aromatic N) is 1. The van der Waals surface area contributed by atoms with E-state index in [4.69, 9.17) is 4.74 Å². The molecule has 110 valence electrons. The summed E-state index contributed by atoms with van der Waals surface area (Å²) in [5.74, 6) is 0. The molecule has 19 heavy (non-hydrogen) atoms. The van der Waals surface area contributed by atoms with Crippen molar-refractivity contribution < 1.29 is 8.95 Å². The van der Waals surface area contributed by atoms with Gasteiger partial charge in [-0.3, -0.25) is 0 Å². The fraction of sp³-hybridized carbons (Fsp3) is 0.933. The molecule has 0 radical (unpaired) electrons. The van der Waals surface area contributed by atoms with Crippen LogP contribution in [0.2, 0.25) is 0 Å². The molecule has 1 saturated carbocycles. The van der Waals surface area contributed by atoms with E-state index >= 15 is 0 Å². The zero-order chi connectivity index (χ0) is 14.3. The van der Waals surface area contributed by atoms with Gasteiger partial charge in [-0.25, -0.2) is 4.21 Å². The Balaban J connectivity index is 2.36. The second-order valence-corrected chi connectivity index (χ2v) is 9.43. The highest BCUT2D eigenvalue weighted by Gasteiger charge is 2.51. The molecule has 0 amide bonds. The van der Waals surface area contributed by atoms with Crippen LogP contribution in [-0.4, -0.2) is 26.9 Å². The molecule has 0 unspecified atom stereocenters. The van der Waals surface area contributed by atoms with Crippen molar-refractivity contribution in [2.75, 3.05) is 6.61 Å². The molecule has 1 saturated heterocycles. The average molecular weight is 285 g/mol. The van der Waals surface area contributed by atoms with Gasteiger partial charge in [0.1, 0.15) is 16.6 Å². The second kappa shape index (κ2) is 4.96. The zero-order valence-electron chi connectivity index (χ0n) is 12.9. The molecule has 1 aliphatic carbocycles. The lowest BCUT2D eigenvalue weighted by atomic mass is 9.74. The van der Waals surface area contributed by atoms with Crippen LogP contribution in [0.25, 0.3) is 0 Å². The van der Waals surface area contributed by atoms with Crippen molar-refractivity contribution >= 4 is 16.7 Å². The summed E-state index contributed by atoms with van der Waals surface area (Å²) in [6.45, 7) is 11.0. The Morgan fingerprint density at radius 2 is 1.74 bits per heavy atom. The monoisotopic (exact) mass is 285 g/mol. The summed E-state index contributed by atoms with van der Waals surface area (Å²) < 4.78 is 22.9. The number of hydrogen-bond acceptors (Lipinski definition) is 2. The number of hydrogen-bond donors (Lipinski definition) is 0. The minimum atomic E-state index is -1.19. The third-order valence-electron chi connectivity index (χ3n) is 4.14. The molecule has 1 atom stereocenters. The highest BCUT2D eigenvalue weighted by atomic mass is 32.2. The molecule has 2 rings (SSSR count). The van der Waals surface area contributed by atoms with Gasteiger partial charge in [0.15, 0.2) is 0 Å². The largest absolute Gasteiger partial charge is 0.368 e. The van der Waals surface area contributed by atoms with E-state index in [9.17, 15) is 4.21 Å². The van der Waals surface area contributed by atoms with Crippen molar-refractivity contribution in [3.8, 4) is 0 Å². The zero-order valence-corrected chi connectivity index (χ0v) is 13.7. The first-order valence-electron chi connectivity index (χ1n) is 7.33. The minimum Gasteiger partial charge on any atom is -0.368 e. The third kappa shape index (κ3) is 2.94. The molecular weight excluding hydrogens is 258 g/mol. The molecule has 4 heteroatoms. The lowest BCUT2D eigenvalue weighted by Gasteiger charge is -2.34. The van der Waals surface area contributed by atoms with Gasteiger partial charge in [-0.1, -0.05) is 33.1 Å². The predicted molar refractivity (Wildman–Crippen MR) is 80.9 cm³/mol. The molecule has 1 spiro atoms. The molecule has 0 aromatic carbocycles. The van der Waals surface area contributed by atoms with Crippen LogP contribution in [0, 0.1) is 5.41 Å². The van der Waals surface area contributed by atoms with Crippen LogP contribution in [-0.2, 0) is 15.7 Å². The van der Waals surface area contributed by atoms with E-state index in [2.05, 4.69) is 18.2 Å². The first-order chi connectivity index (χ1) is 8.67. The Kier molecular flexibility index (Phi) is 3.96. The number of rotatable bonds is 1. The lowest BCUT2D eigenvalue weighted by Crippen LogP contribution is -2.42. The van der Waals surface area contributed by atoms with Crippen molar-refractivity contribution in [1.82, 2.24) is 0 Å².